The summed E-state index contributed by atoms with van der Waals surface area (Å²) in [5, 5.41) is 6.12. The number of nitrogens with one attached hydrogen (secondary N) is 2. The van der Waals surface area contributed by atoms with Gasteiger partial charge in [0.25, 0.3) is 5.91 Å². The minimum Gasteiger partial charge on any atom is -0.372 e. The van der Waals surface area contributed by atoms with Crippen LogP contribution in [0.3, 0.4) is 0 Å². The first-order valence-electron chi connectivity index (χ1n) is 9.54. The summed E-state index contributed by atoms with van der Waals surface area (Å²) in [6.45, 7) is 2.84. The predicted molar refractivity (Wildman–Crippen MR) is 112 cm³/mol. The maximum Gasteiger partial charge on any atom is 0.274 e. The van der Waals surface area contributed by atoms with Crippen LogP contribution in [0.25, 0.3) is 0 Å². The summed E-state index contributed by atoms with van der Waals surface area (Å²) in [5.74, 6) is 0.368. The highest BCUT2D eigenvalue weighted by molar-refractivity contribution is 6.03. The molecule has 2 heterocycles. The summed E-state index contributed by atoms with van der Waals surface area (Å²) >= 11 is 0. The molecule has 4 rings (SSSR count). The second-order valence-corrected chi connectivity index (χ2v) is 6.82. The van der Waals surface area contributed by atoms with E-state index in [0.29, 0.717) is 18.1 Å². The zero-order valence-electron chi connectivity index (χ0n) is 15.6. The van der Waals surface area contributed by atoms with Gasteiger partial charge in [-0.1, -0.05) is 30.3 Å². The fourth-order valence-electron chi connectivity index (χ4n) is 3.29. The van der Waals surface area contributed by atoms with Gasteiger partial charge in [-0.25, -0.2) is 9.97 Å². The minimum absolute atomic E-state index is 0.251. The van der Waals surface area contributed by atoms with Gasteiger partial charge in [0, 0.05) is 37.1 Å². The van der Waals surface area contributed by atoms with E-state index >= 15 is 0 Å². The number of carbonyl (C=O) groups is 1. The molecule has 1 saturated heterocycles. The fraction of sp³-hybridized carbons (Fsp3) is 0.227. The van der Waals surface area contributed by atoms with Crippen molar-refractivity contribution in [2.24, 2.45) is 0 Å². The molecule has 1 fully saturated rings. The third-order valence-corrected chi connectivity index (χ3v) is 4.81. The first-order chi connectivity index (χ1) is 13.8. The van der Waals surface area contributed by atoms with E-state index in [2.05, 4.69) is 25.5 Å². The van der Waals surface area contributed by atoms with E-state index in [4.69, 9.17) is 0 Å². The molecular formula is C22H23N5O. The molecule has 1 aliphatic heterocycles. The van der Waals surface area contributed by atoms with Gasteiger partial charge in [-0.3, -0.25) is 4.79 Å². The zero-order chi connectivity index (χ0) is 19.2. The highest BCUT2D eigenvalue weighted by Gasteiger charge is 2.13. The van der Waals surface area contributed by atoms with Gasteiger partial charge in [0.2, 0.25) is 0 Å². The number of hydrogen-bond acceptors (Lipinski definition) is 5. The van der Waals surface area contributed by atoms with Crippen molar-refractivity contribution in [2.75, 3.05) is 28.6 Å². The van der Waals surface area contributed by atoms with Crippen LogP contribution in [-0.2, 0) is 6.54 Å². The van der Waals surface area contributed by atoms with Crippen molar-refractivity contribution in [2.45, 2.75) is 19.4 Å². The fourth-order valence-corrected chi connectivity index (χ4v) is 3.29. The molecule has 3 aromatic rings. The minimum atomic E-state index is -0.251. The van der Waals surface area contributed by atoms with Crippen LogP contribution in [0, 0.1) is 0 Å². The number of carbonyl (C=O) groups excluding carboxylic acids is 1. The number of benzene rings is 2. The third-order valence-electron chi connectivity index (χ3n) is 4.81. The summed E-state index contributed by atoms with van der Waals surface area (Å²) in [4.78, 5) is 23.2. The van der Waals surface area contributed by atoms with Crippen LogP contribution >= 0.6 is 0 Å². The van der Waals surface area contributed by atoms with Crippen molar-refractivity contribution in [3.63, 3.8) is 0 Å². The molecule has 1 amide bonds. The van der Waals surface area contributed by atoms with E-state index < -0.39 is 0 Å². The maximum atomic E-state index is 12.5. The Balaban J connectivity index is 1.37. The molecule has 28 heavy (non-hydrogen) atoms. The summed E-state index contributed by atoms with van der Waals surface area (Å²) in [6, 6.07) is 19.7. The zero-order valence-corrected chi connectivity index (χ0v) is 15.6. The standard InChI is InChI=1S/C22H23N5O/c28-22(26-18-8-10-19(11-9-18)27-12-4-5-13-27)20-14-21(25-16-24-20)23-15-17-6-2-1-3-7-17/h1-3,6-11,14,16H,4-5,12-13,15H2,(H,26,28)(H,23,24,25). The lowest BCUT2D eigenvalue weighted by Gasteiger charge is -2.17. The Morgan fingerprint density at radius 1 is 0.964 bits per heavy atom. The molecule has 6 nitrogen and oxygen atoms in total. The summed E-state index contributed by atoms with van der Waals surface area (Å²) in [6.07, 6.45) is 3.89. The summed E-state index contributed by atoms with van der Waals surface area (Å²) in [5.41, 5.74) is 3.43. The molecule has 6 heteroatoms. The first-order valence-corrected chi connectivity index (χ1v) is 9.54. The lowest BCUT2D eigenvalue weighted by molar-refractivity contribution is 0.102. The average molecular weight is 373 g/mol. The monoisotopic (exact) mass is 373 g/mol. The summed E-state index contributed by atoms with van der Waals surface area (Å²) in [7, 11) is 0. The summed E-state index contributed by atoms with van der Waals surface area (Å²) < 4.78 is 0. The van der Waals surface area contributed by atoms with Crippen LogP contribution in [-0.4, -0.2) is 29.0 Å². The molecule has 1 aromatic heterocycles. The number of anilines is 3. The van der Waals surface area contributed by atoms with Crippen molar-refractivity contribution >= 4 is 23.1 Å². The number of rotatable bonds is 6. The van der Waals surface area contributed by atoms with Crippen LogP contribution in [0.1, 0.15) is 28.9 Å². The third kappa shape index (κ3) is 4.46. The van der Waals surface area contributed by atoms with Gasteiger partial charge in [-0.15, -0.1) is 0 Å². The molecule has 0 saturated carbocycles. The Labute approximate surface area is 164 Å². The van der Waals surface area contributed by atoms with Gasteiger partial charge in [-0.05, 0) is 42.7 Å². The van der Waals surface area contributed by atoms with Crippen LogP contribution in [0.2, 0.25) is 0 Å². The van der Waals surface area contributed by atoms with Crippen LogP contribution in [0.4, 0.5) is 17.2 Å². The molecule has 2 N–H and O–H groups in total. The van der Waals surface area contributed by atoms with Crippen LogP contribution in [0.15, 0.2) is 67.0 Å². The smallest absolute Gasteiger partial charge is 0.274 e. The Hall–Kier alpha value is -3.41. The lowest BCUT2D eigenvalue weighted by Crippen LogP contribution is -2.18. The number of aromatic nitrogens is 2. The molecule has 0 bridgehead atoms. The highest BCUT2D eigenvalue weighted by Crippen LogP contribution is 2.22. The largest absolute Gasteiger partial charge is 0.372 e. The molecule has 2 aromatic carbocycles. The van der Waals surface area contributed by atoms with Crippen LogP contribution < -0.4 is 15.5 Å². The van der Waals surface area contributed by atoms with Crippen molar-refractivity contribution < 1.29 is 4.79 Å². The van der Waals surface area contributed by atoms with E-state index in [1.165, 1.54) is 24.9 Å². The Morgan fingerprint density at radius 2 is 1.71 bits per heavy atom. The quantitative estimate of drug-likeness (QED) is 0.685. The molecule has 142 valence electrons. The van der Waals surface area contributed by atoms with Crippen molar-refractivity contribution in [1.29, 1.82) is 0 Å². The second-order valence-electron chi connectivity index (χ2n) is 6.82. The van der Waals surface area contributed by atoms with Crippen molar-refractivity contribution in [1.82, 2.24) is 9.97 Å². The second kappa shape index (κ2) is 8.52. The van der Waals surface area contributed by atoms with Gasteiger partial charge < -0.3 is 15.5 Å². The maximum absolute atomic E-state index is 12.5. The molecule has 0 atom stereocenters. The van der Waals surface area contributed by atoms with Gasteiger partial charge >= 0.3 is 0 Å². The normalized spacial score (nSPS) is 13.4. The van der Waals surface area contributed by atoms with Gasteiger partial charge in [0.1, 0.15) is 17.8 Å². The lowest BCUT2D eigenvalue weighted by atomic mass is 10.2. The topological polar surface area (TPSA) is 70.2 Å². The van der Waals surface area contributed by atoms with Crippen molar-refractivity contribution in [3.8, 4) is 0 Å². The number of nitrogens with zero attached hydrogens (tertiary/aromatic N) is 3. The average Bonchev–Trinajstić information content (AvgIpc) is 3.29. The van der Waals surface area contributed by atoms with E-state index in [1.54, 1.807) is 6.07 Å². The first kappa shape index (κ1) is 18.0. The SMILES string of the molecule is O=C(Nc1ccc(N2CCCC2)cc1)c1cc(NCc2ccccc2)ncn1. The predicted octanol–water partition coefficient (Wildman–Crippen LogP) is 3.94. The van der Waals surface area contributed by atoms with Crippen LogP contribution in [0.5, 0.6) is 0 Å². The molecule has 0 spiro atoms. The Kier molecular flexibility index (Phi) is 5.47. The van der Waals surface area contributed by atoms with Gasteiger partial charge in [-0.2, -0.15) is 0 Å². The molecule has 0 radical (unpaired) electrons. The number of hydrogen-bond donors (Lipinski definition) is 2. The van der Waals surface area contributed by atoms with E-state index in [9.17, 15) is 4.79 Å². The molecule has 0 unspecified atom stereocenters. The number of amides is 1. The van der Waals surface area contributed by atoms with Crippen molar-refractivity contribution in [3.05, 3.63) is 78.2 Å². The molecule has 1 aliphatic rings. The Morgan fingerprint density at radius 3 is 2.46 bits per heavy atom. The van der Waals surface area contributed by atoms with Gasteiger partial charge in [0.05, 0.1) is 0 Å². The van der Waals surface area contributed by atoms with Gasteiger partial charge in [0.15, 0.2) is 0 Å². The van der Waals surface area contributed by atoms with E-state index in [-0.39, 0.29) is 5.91 Å². The highest BCUT2D eigenvalue weighted by atomic mass is 16.1. The van der Waals surface area contributed by atoms with E-state index in [1.807, 2.05) is 54.6 Å². The Bertz CT molecular complexity index is 921. The van der Waals surface area contributed by atoms with E-state index in [0.717, 1.165) is 24.3 Å². The molecular weight excluding hydrogens is 350 g/mol. The molecule has 0 aliphatic carbocycles.